The van der Waals surface area contributed by atoms with Crippen molar-refractivity contribution in [2.24, 2.45) is 5.92 Å². The molecule has 2 aliphatic rings. The Kier molecular flexibility index (Phi) is 5.62. The number of rotatable bonds is 4. The van der Waals surface area contributed by atoms with Gasteiger partial charge in [0.1, 0.15) is 6.04 Å². The van der Waals surface area contributed by atoms with Gasteiger partial charge in [-0.3, -0.25) is 9.59 Å². The van der Waals surface area contributed by atoms with Gasteiger partial charge in [0.2, 0.25) is 11.8 Å². The lowest BCUT2D eigenvalue weighted by atomic mass is 9.83. The molecule has 5 heteroatoms. The van der Waals surface area contributed by atoms with Gasteiger partial charge in [0, 0.05) is 26.1 Å². The van der Waals surface area contributed by atoms with E-state index in [4.69, 9.17) is 4.74 Å². The minimum absolute atomic E-state index is 0.000932. The molecule has 1 heterocycles. The van der Waals surface area contributed by atoms with E-state index in [1.165, 1.54) is 6.42 Å². The zero-order valence-corrected chi connectivity index (χ0v) is 13.4. The van der Waals surface area contributed by atoms with Crippen LogP contribution in [0.2, 0.25) is 0 Å². The van der Waals surface area contributed by atoms with E-state index in [2.05, 4.69) is 5.32 Å². The highest BCUT2D eigenvalue weighted by molar-refractivity contribution is 5.90. The SMILES string of the molecule is COC(C)CN1C(=O)C(C2CCCCC2)NC(=O)CC1C. The first-order valence-corrected chi connectivity index (χ1v) is 8.15. The number of methoxy groups -OCH3 is 1. The van der Waals surface area contributed by atoms with E-state index < -0.39 is 0 Å². The fraction of sp³-hybridized carbons (Fsp3) is 0.875. The average Bonchev–Trinajstić information content (AvgIpc) is 2.59. The summed E-state index contributed by atoms with van der Waals surface area (Å²) in [6.07, 6.45) is 6.01. The highest BCUT2D eigenvalue weighted by Crippen LogP contribution is 2.29. The van der Waals surface area contributed by atoms with Crippen LogP contribution in [0.1, 0.15) is 52.4 Å². The summed E-state index contributed by atoms with van der Waals surface area (Å²) in [4.78, 5) is 26.8. The molecule has 1 saturated heterocycles. The predicted octanol–water partition coefficient (Wildman–Crippen LogP) is 1.71. The summed E-state index contributed by atoms with van der Waals surface area (Å²) in [5.41, 5.74) is 0. The summed E-state index contributed by atoms with van der Waals surface area (Å²) < 4.78 is 5.30. The molecule has 0 aromatic carbocycles. The van der Waals surface area contributed by atoms with Crippen LogP contribution in [0.4, 0.5) is 0 Å². The first-order chi connectivity index (χ1) is 10.0. The first-order valence-electron chi connectivity index (χ1n) is 8.15. The van der Waals surface area contributed by atoms with Gasteiger partial charge in [0.05, 0.1) is 6.10 Å². The zero-order chi connectivity index (χ0) is 15.4. The second-order valence-corrected chi connectivity index (χ2v) is 6.53. The Balaban J connectivity index is 2.15. The van der Waals surface area contributed by atoms with Crippen LogP contribution in [-0.2, 0) is 14.3 Å². The van der Waals surface area contributed by atoms with E-state index in [-0.39, 0.29) is 30.0 Å². The van der Waals surface area contributed by atoms with Crippen molar-refractivity contribution in [3.63, 3.8) is 0 Å². The van der Waals surface area contributed by atoms with E-state index >= 15 is 0 Å². The minimum Gasteiger partial charge on any atom is -0.380 e. The van der Waals surface area contributed by atoms with Gasteiger partial charge in [-0.05, 0) is 32.6 Å². The van der Waals surface area contributed by atoms with E-state index in [9.17, 15) is 9.59 Å². The van der Waals surface area contributed by atoms with Crippen molar-refractivity contribution in [3.8, 4) is 0 Å². The van der Waals surface area contributed by atoms with Crippen molar-refractivity contribution in [3.05, 3.63) is 0 Å². The molecule has 3 atom stereocenters. The van der Waals surface area contributed by atoms with Gasteiger partial charge in [0.15, 0.2) is 0 Å². The third-order valence-corrected chi connectivity index (χ3v) is 4.86. The van der Waals surface area contributed by atoms with Crippen LogP contribution >= 0.6 is 0 Å². The molecule has 1 aliphatic carbocycles. The van der Waals surface area contributed by atoms with Gasteiger partial charge in [-0.2, -0.15) is 0 Å². The van der Waals surface area contributed by atoms with Crippen LogP contribution in [0.25, 0.3) is 0 Å². The molecule has 0 radical (unpaired) electrons. The number of nitrogens with one attached hydrogen (secondary N) is 1. The second-order valence-electron chi connectivity index (χ2n) is 6.53. The molecule has 0 aromatic heterocycles. The van der Waals surface area contributed by atoms with Crippen LogP contribution in [0, 0.1) is 5.92 Å². The van der Waals surface area contributed by atoms with E-state index in [1.54, 1.807) is 7.11 Å². The molecular formula is C16H28N2O3. The molecule has 21 heavy (non-hydrogen) atoms. The van der Waals surface area contributed by atoms with Crippen LogP contribution < -0.4 is 5.32 Å². The van der Waals surface area contributed by atoms with Crippen molar-refractivity contribution in [2.45, 2.75) is 70.6 Å². The van der Waals surface area contributed by atoms with Crippen molar-refractivity contribution < 1.29 is 14.3 Å². The molecule has 1 N–H and O–H groups in total. The van der Waals surface area contributed by atoms with Gasteiger partial charge in [0.25, 0.3) is 0 Å². The molecule has 120 valence electrons. The highest BCUT2D eigenvalue weighted by atomic mass is 16.5. The Bertz CT molecular complexity index is 380. The summed E-state index contributed by atoms with van der Waals surface area (Å²) in [7, 11) is 1.65. The maximum absolute atomic E-state index is 12.9. The number of carbonyl (C=O) groups excluding carboxylic acids is 2. The van der Waals surface area contributed by atoms with Gasteiger partial charge in [-0.25, -0.2) is 0 Å². The molecule has 3 unspecified atom stereocenters. The lowest BCUT2D eigenvalue weighted by Gasteiger charge is -2.34. The van der Waals surface area contributed by atoms with Gasteiger partial charge >= 0.3 is 0 Å². The second kappa shape index (κ2) is 7.25. The molecule has 0 bridgehead atoms. The average molecular weight is 296 g/mol. The van der Waals surface area contributed by atoms with Crippen LogP contribution in [0.3, 0.4) is 0 Å². The monoisotopic (exact) mass is 296 g/mol. The molecule has 2 fully saturated rings. The summed E-state index contributed by atoms with van der Waals surface area (Å²) in [6.45, 7) is 4.45. The Morgan fingerprint density at radius 2 is 1.95 bits per heavy atom. The lowest BCUT2D eigenvalue weighted by molar-refractivity contribution is -0.138. The summed E-state index contributed by atoms with van der Waals surface area (Å²) in [6, 6.07) is -0.407. The Morgan fingerprint density at radius 1 is 1.29 bits per heavy atom. The molecular weight excluding hydrogens is 268 g/mol. The van der Waals surface area contributed by atoms with Gasteiger partial charge in [-0.1, -0.05) is 19.3 Å². The molecule has 2 amide bonds. The Hall–Kier alpha value is -1.10. The molecule has 2 rings (SSSR count). The quantitative estimate of drug-likeness (QED) is 0.859. The Morgan fingerprint density at radius 3 is 2.57 bits per heavy atom. The Labute approximate surface area is 127 Å². The topological polar surface area (TPSA) is 58.6 Å². The van der Waals surface area contributed by atoms with Crippen molar-refractivity contribution >= 4 is 11.8 Å². The summed E-state index contributed by atoms with van der Waals surface area (Å²) in [5, 5.41) is 2.98. The van der Waals surface area contributed by atoms with Gasteiger partial charge in [-0.15, -0.1) is 0 Å². The summed E-state index contributed by atoms with van der Waals surface area (Å²) >= 11 is 0. The molecule has 5 nitrogen and oxygen atoms in total. The normalized spacial score (nSPS) is 30.0. The van der Waals surface area contributed by atoms with Gasteiger partial charge < -0.3 is 15.0 Å². The molecule has 0 aromatic rings. The summed E-state index contributed by atoms with van der Waals surface area (Å²) in [5.74, 6) is 0.365. The number of carbonyl (C=O) groups is 2. The number of nitrogens with zero attached hydrogens (tertiary/aromatic N) is 1. The van der Waals surface area contributed by atoms with Crippen LogP contribution in [-0.4, -0.2) is 48.6 Å². The maximum atomic E-state index is 12.9. The third kappa shape index (κ3) is 3.96. The first kappa shape index (κ1) is 16.3. The number of hydrogen-bond donors (Lipinski definition) is 1. The number of hydrogen-bond acceptors (Lipinski definition) is 3. The van der Waals surface area contributed by atoms with E-state index in [0.29, 0.717) is 18.9 Å². The molecule has 1 aliphatic heterocycles. The van der Waals surface area contributed by atoms with E-state index in [1.807, 2.05) is 18.7 Å². The predicted molar refractivity (Wildman–Crippen MR) is 80.8 cm³/mol. The molecule has 0 spiro atoms. The fourth-order valence-electron chi connectivity index (χ4n) is 3.48. The van der Waals surface area contributed by atoms with Crippen LogP contribution in [0.15, 0.2) is 0 Å². The minimum atomic E-state index is -0.341. The maximum Gasteiger partial charge on any atom is 0.245 e. The highest BCUT2D eigenvalue weighted by Gasteiger charge is 2.38. The van der Waals surface area contributed by atoms with Crippen molar-refractivity contribution in [1.29, 1.82) is 0 Å². The third-order valence-electron chi connectivity index (χ3n) is 4.86. The number of amides is 2. The number of ether oxygens (including phenoxy) is 1. The fourth-order valence-corrected chi connectivity index (χ4v) is 3.48. The van der Waals surface area contributed by atoms with E-state index in [0.717, 1.165) is 25.7 Å². The van der Waals surface area contributed by atoms with Crippen LogP contribution in [0.5, 0.6) is 0 Å². The largest absolute Gasteiger partial charge is 0.380 e. The lowest BCUT2D eigenvalue weighted by Crippen LogP contribution is -2.52. The standard InChI is InChI=1S/C16H28N2O3/c1-11-9-14(19)17-15(13-7-5-4-6-8-13)16(20)18(11)10-12(2)21-3/h11-13,15H,4-10H2,1-3H3,(H,17,19). The van der Waals surface area contributed by atoms with Crippen molar-refractivity contribution in [1.82, 2.24) is 10.2 Å². The molecule has 1 saturated carbocycles. The zero-order valence-electron chi connectivity index (χ0n) is 13.4. The smallest absolute Gasteiger partial charge is 0.245 e. The van der Waals surface area contributed by atoms with Crippen molar-refractivity contribution in [2.75, 3.05) is 13.7 Å².